The van der Waals surface area contributed by atoms with Crippen molar-refractivity contribution in [3.8, 4) is 11.1 Å². The van der Waals surface area contributed by atoms with Crippen molar-refractivity contribution in [2.45, 2.75) is 257 Å². The van der Waals surface area contributed by atoms with Crippen LogP contribution < -0.4 is 0 Å². The highest BCUT2D eigenvalue weighted by Crippen LogP contribution is 2.17. The van der Waals surface area contributed by atoms with E-state index in [4.69, 9.17) is 0 Å². The number of aryl methyl sites for hydroxylation is 1. The standard InChI is InChI=1S/C12H10.C7H8.C6H12.C6H6.11C2H6.8CH4/c1-3-7-11(8-4-1)12-9-5-2-6-10-12;1-7-5-3-2-4-6-7;2*1-2-4-6-5-3-1;11*1-2;;;;;;;;/h1-10H;2-6H,1H3;1-6H2;1-6H;11*1-2H3;8*1H4. The van der Waals surface area contributed by atoms with Gasteiger partial charge >= 0.3 is 0 Å². The highest BCUT2D eigenvalue weighted by molar-refractivity contribution is 5.62. The molecule has 0 bridgehead atoms. The molecule has 0 saturated heterocycles. The van der Waals surface area contributed by atoms with Crippen molar-refractivity contribution in [3.05, 3.63) is 133 Å². The minimum atomic E-state index is 0. The zero-order valence-electron chi connectivity index (χ0n) is 40.9. The fraction of sp³-hybridized carbons (Fsp3) is 0.607. The van der Waals surface area contributed by atoms with Gasteiger partial charge in [-0.2, -0.15) is 0 Å². The summed E-state index contributed by atoms with van der Waals surface area (Å²) in [6, 6.07) is 43.0. The van der Waals surface area contributed by atoms with Crippen molar-refractivity contribution in [3.63, 3.8) is 0 Å². The van der Waals surface area contributed by atoms with E-state index in [0.717, 1.165) is 0 Å². The fourth-order valence-electron chi connectivity index (χ4n) is 3.24. The highest BCUT2D eigenvalue weighted by atomic mass is 14.0. The average molecular weight is 868 g/mol. The van der Waals surface area contributed by atoms with Crippen LogP contribution in [0, 0.1) is 6.92 Å². The SMILES string of the molecule is C.C.C.C.C.C.C.C.C1CCCCC1.CC.CC.CC.CC.CC.CC.CC.CC.CC.CC.CC.Cc1ccccc1.c1ccc(-c2ccccc2)cc1.c1ccccc1. The van der Waals surface area contributed by atoms with Gasteiger partial charge in [0.05, 0.1) is 0 Å². The lowest BCUT2D eigenvalue weighted by Gasteiger charge is -2.05. The molecule has 0 aliphatic heterocycles. The summed E-state index contributed by atoms with van der Waals surface area (Å²) in [5.74, 6) is 0. The van der Waals surface area contributed by atoms with E-state index < -0.39 is 0 Å². The normalized spacial score (nSPS) is 7.13. The van der Waals surface area contributed by atoms with Gasteiger partial charge in [0.15, 0.2) is 0 Å². The lowest BCUT2D eigenvalue weighted by atomic mass is 10.0. The molecule has 0 aromatic heterocycles. The maximum atomic E-state index is 2.12. The summed E-state index contributed by atoms with van der Waals surface area (Å²) in [6.45, 7) is 46.1. The molecule has 0 spiro atoms. The Kier molecular flexibility index (Phi) is 317. The van der Waals surface area contributed by atoms with Gasteiger partial charge in [0, 0.05) is 0 Å². The van der Waals surface area contributed by atoms with Crippen molar-refractivity contribution in [2.24, 2.45) is 0 Å². The summed E-state index contributed by atoms with van der Waals surface area (Å²) in [6.07, 6.45) is 9.00. The first kappa shape index (κ1) is 118. The molecule has 61 heavy (non-hydrogen) atoms. The van der Waals surface area contributed by atoms with Gasteiger partial charge in [-0.3, -0.25) is 0 Å². The predicted octanol–water partition coefficient (Wildman–Crippen LogP) is 25.8. The largest absolute Gasteiger partial charge is 0.0776 e. The van der Waals surface area contributed by atoms with Crippen LogP contribution in [0.15, 0.2) is 127 Å². The van der Waals surface area contributed by atoms with Crippen molar-refractivity contribution < 1.29 is 0 Å². The van der Waals surface area contributed by atoms with Gasteiger partial charge in [-0.15, -0.1) is 0 Å². The molecule has 1 aliphatic rings. The minimum Gasteiger partial charge on any atom is -0.0776 e. The zero-order valence-corrected chi connectivity index (χ0v) is 40.9. The molecular weight excluding hydrogens is 733 g/mol. The van der Waals surface area contributed by atoms with E-state index in [0.29, 0.717) is 0 Å². The maximum Gasteiger partial charge on any atom is -0.0184 e. The molecular formula is C61H134. The molecule has 0 heterocycles. The van der Waals surface area contributed by atoms with Gasteiger partial charge < -0.3 is 0 Å². The van der Waals surface area contributed by atoms with Gasteiger partial charge in [-0.25, -0.2) is 0 Å². The Bertz CT molecular complexity index is 788. The number of hydrogen-bond acceptors (Lipinski definition) is 0. The van der Waals surface area contributed by atoms with E-state index in [1.54, 1.807) is 0 Å². The van der Waals surface area contributed by atoms with Gasteiger partial charge in [0.25, 0.3) is 0 Å². The van der Waals surface area contributed by atoms with Crippen LogP contribution in [0.2, 0.25) is 0 Å². The van der Waals surface area contributed by atoms with Crippen molar-refractivity contribution in [2.75, 3.05) is 0 Å². The molecule has 1 fully saturated rings. The Morgan fingerprint density at radius 1 is 0.197 bits per heavy atom. The average Bonchev–Trinajstić information content (AvgIpc) is 3.34. The van der Waals surface area contributed by atoms with Crippen molar-refractivity contribution in [1.82, 2.24) is 0 Å². The van der Waals surface area contributed by atoms with Crippen LogP contribution in [-0.4, -0.2) is 0 Å². The smallest absolute Gasteiger partial charge is 0.0184 e. The third-order valence-corrected chi connectivity index (χ3v) is 4.99. The summed E-state index contributed by atoms with van der Waals surface area (Å²) in [7, 11) is 0. The fourth-order valence-corrected chi connectivity index (χ4v) is 3.24. The highest BCUT2D eigenvalue weighted by Gasteiger charge is 1.95. The summed E-state index contributed by atoms with van der Waals surface area (Å²) < 4.78 is 0. The second-order valence-electron chi connectivity index (χ2n) is 7.66. The van der Waals surface area contributed by atoms with Gasteiger partial charge in [-0.1, -0.05) is 383 Å². The van der Waals surface area contributed by atoms with Crippen LogP contribution >= 0.6 is 0 Å². The molecule has 0 heteroatoms. The first-order valence-corrected chi connectivity index (χ1v) is 22.5. The summed E-state index contributed by atoms with van der Waals surface area (Å²) in [5, 5.41) is 0. The molecule has 4 aromatic rings. The van der Waals surface area contributed by atoms with Crippen LogP contribution in [0.5, 0.6) is 0 Å². The molecule has 378 valence electrons. The Morgan fingerprint density at radius 2 is 0.311 bits per heavy atom. The maximum absolute atomic E-state index is 2.12. The molecule has 0 radical (unpaired) electrons. The van der Waals surface area contributed by atoms with E-state index in [2.05, 4.69) is 67.6 Å². The molecule has 4 aromatic carbocycles. The molecule has 5 rings (SSSR count). The Labute approximate surface area is 399 Å². The van der Waals surface area contributed by atoms with Crippen molar-refractivity contribution in [1.29, 1.82) is 0 Å². The summed E-state index contributed by atoms with van der Waals surface area (Å²) in [4.78, 5) is 0. The molecule has 0 nitrogen and oxygen atoms in total. The summed E-state index contributed by atoms with van der Waals surface area (Å²) in [5.41, 5.74) is 3.87. The molecule has 0 amide bonds. The van der Waals surface area contributed by atoms with Crippen LogP contribution in [0.3, 0.4) is 0 Å². The Hall–Kier alpha value is -3.12. The number of benzene rings is 4. The van der Waals surface area contributed by atoms with Crippen LogP contribution in [0.1, 0.15) is 256 Å². The van der Waals surface area contributed by atoms with Crippen LogP contribution in [-0.2, 0) is 0 Å². The predicted molar refractivity (Wildman–Crippen MR) is 316 cm³/mol. The molecule has 1 saturated carbocycles. The Balaban J connectivity index is -0.0000000215. The topological polar surface area (TPSA) is 0 Å². The lowest BCUT2D eigenvalue weighted by molar-refractivity contribution is 0.504. The Morgan fingerprint density at radius 3 is 0.426 bits per heavy atom. The first-order chi connectivity index (χ1) is 26.4. The summed E-state index contributed by atoms with van der Waals surface area (Å²) >= 11 is 0. The van der Waals surface area contributed by atoms with Crippen molar-refractivity contribution >= 4 is 0 Å². The van der Waals surface area contributed by atoms with Crippen LogP contribution in [0.4, 0.5) is 0 Å². The van der Waals surface area contributed by atoms with E-state index in [-0.39, 0.29) is 59.4 Å². The molecule has 0 unspecified atom stereocenters. The van der Waals surface area contributed by atoms with E-state index in [1.165, 1.54) is 55.2 Å². The van der Waals surface area contributed by atoms with E-state index in [1.807, 2.05) is 219 Å². The van der Waals surface area contributed by atoms with E-state index >= 15 is 0 Å². The minimum absolute atomic E-state index is 0. The molecule has 1 aliphatic carbocycles. The second kappa shape index (κ2) is 164. The molecule has 0 N–H and O–H groups in total. The zero-order chi connectivity index (χ0) is 43.8. The third-order valence-electron chi connectivity index (χ3n) is 4.99. The van der Waals surface area contributed by atoms with Gasteiger partial charge in [0.1, 0.15) is 0 Å². The second-order valence-corrected chi connectivity index (χ2v) is 7.66. The van der Waals surface area contributed by atoms with Crippen LogP contribution in [0.25, 0.3) is 11.1 Å². The van der Waals surface area contributed by atoms with Gasteiger partial charge in [-0.05, 0) is 18.1 Å². The monoisotopic (exact) mass is 867 g/mol. The third kappa shape index (κ3) is 126. The van der Waals surface area contributed by atoms with Gasteiger partial charge in [0.2, 0.25) is 0 Å². The molecule has 0 atom stereocenters. The lowest BCUT2D eigenvalue weighted by Crippen LogP contribution is -1.85. The number of rotatable bonds is 1. The van der Waals surface area contributed by atoms with E-state index in [9.17, 15) is 0 Å². The first-order valence-electron chi connectivity index (χ1n) is 22.5. The quantitative estimate of drug-likeness (QED) is 0.179. The number of hydrogen-bond donors (Lipinski definition) is 0.